The van der Waals surface area contributed by atoms with Gasteiger partial charge in [-0.2, -0.15) is 0 Å². The van der Waals surface area contributed by atoms with Crippen molar-refractivity contribution in [1.82, 2.24) is 0 Å². The van der Waals surface area contributed by atoms with Gasteiger partial charge in [-0.1, -0.05) is 18.2 Å². The minimum Gasteiger partial charge on any atom is -0.453 e. The molecule has 0 saturated heterocycles. The first-order valence-corrected chi connectivity index (χ1v) is 7.75. The first kappa shape index (κ1) is 16.0. The lowest BCUT2D eigenvalue weighted by atomic mass is 10.1. The highest BCUT2D eigenvalue weighted by atomic mass is 19.1. The molecular formula is C20H11F2NO3. The van der Waals surface area contributed by atoms with E-state index in [4.69, 9.17) is 4.42 Å². The van der Waals surface area contributed by atoms with Crippen LogP contribution in [0.2, 0.25) is 0 Å². The third-order valence-electron chi connectivity index (χ3n) is 4.03. The minimum absolute atomic E-state index is 0.112. The van der Waals surface area contributed by atoms with Gasteiger partial charge in [-0.25, -0.2) is 8.78 Å². The van der Waals surface area contributed by atoms with Crippen molar-refractivity contribution in [3.05, 3.63) is 88.1 Å². The molecule has 0 bridgehead atoms. The summed E-state index contributed by atoms with van der Waals surface area (Å²) in [5, 5.41) is 2.93. The number of para-hydroxylation sites is 1. The number of benzene rings is 3. The molecule has 0 spiro atoms. The summed E-state index contributed by atoms with van der Waals surface area (Å²) in [5.74, 6) is -1.94. The Labute approximate surface area is 145 Å². The molecule has 0 aliphatic heterocycles. The molecule has 0 atom stereocenters. The summed E-state index contributed by atoms with van der Waals surface area (Å²) < 4.78 is 33.1. The minimum atomic E-state index is -0.651. The predicted octanol–water partition coefficient (Wildman–Crippen LogP) is 4.48. The normalized spacial score (nSPS) is 11.0. The number of hydrogen-bond acceptors (Lipinski definition) is 3. The van der Waals surface area contributed by atoms with Crippen LogP contribution < -0.4 is 10.7 Å². The van der Waals surface area contributed by atoms with Crippen molar-refractivity contribution in [2.24, 2.45) is 0 Å². The van der Waals surface area contributed by atoms with Crippen molar-refractivity contribution in [1.29, 1.82) is 0 Å². The summed E-state index contributed by atoms with van der Waals surface area (Å²) in [4.78, 5) is 24.7. The molecule has 0 saturated carbocycles. The molecule has 0 aliphatic rings. The first-order valence-electron chi connectivity index (χ1n) is 7.75. The Kier molecular flexibility index (Phi) is 3.73. The number of fused-ring (bicyclic) bond motifs is 2. The molecular weight excluding hydrogens is 340 g/mol. The fourth-order valence-electron chi connectivity index (χ4n) is 2.76. The van der Waals surface area contributed by atoms with Gasteiger partial charge in [-0.05, 0) is 36.4 Å². The van der Waals surface area contributed by atoms with Crippen LogP contribution in [0.1, 0.15) is 10.4 Å². The molecule has 6 heteroatoms. The van der Waals surface area contributed by atoms with Crippen molar-refractivity contribution < 1.29 is 18.0 Å². The zero-order valence-electron chi connectivity index (χ0n) is 13.3. The maximum atomic E-state index is 13.9. The molecule has 4 nitrogen and oxygen atoms in total. The van der Waals surface area contributed by atoms with E-state index in [9.17, 15) is 18.4 Å². The van der Waals surface area contributed by atoms with E-state index in [-0.39, 0.29) is 32.9 Å². The van der Waals surface area contributed by atoms with Crippen LogP contribution in [-0.4, -0.2) is 5.91 Å². The van der Waals surface area contributed by atoms with E-state index in [0.29, 0.717) is 5.69 Å². The lowest BCUT2D eigenvalue weighted by Gasteiger charge is -2.08. The highest BCUT2D eigenvalue weighted by Gasteiger charge is 2.14. The summed E-state index contributed by atoms with van der Waals surface area (Å²) in [5.41, 5.74) is -0.211. The van der Waals surface area contributed by atoms with Gasteiger partial charge in [0.05, 0.1) is 16.3 Å². The van der Waals surface area contributed by atoms with Crippen molar-refractivity contribution >= 4 is 33.5 Å². The fraction of sp³-hybridized carbons (Fsp3) is 0. The van der Waals surface area contributed by atoms with Crippen LogP contribution in [-0.2, 0) is 0 Å². The molecule has 0 radical (unpaired) electrons. The highest BCUT2D eigenvalue weighted by Crippen LogP contribution is 2.24. The van der Waals surface area contributed by atoms with Crippen LogP contribution in [0, 0.1) is 11.6 Å². The molecule has 26 heavy (non-hydrogen) atoms. The van der Waals surface area contributed by atoms with Crippen LogP contribution in [0.15, 0.2) is 69.9 Å². The number of hydrogen-bond donors (Lipinski definition) is 1. The molecule has 4 aromatic rings. The average Bonchev–Trinajstić information content (AvgIpc) is 2.63. The van der Waals surface area contributed by atoms with Gasteiger partial charge in [0.25, 0.3) is 5.91 Å². The van der Waals surface area contributed by atoms with Crippen molar-refractivity contribution in [3.8, 4) is 0 Å². The standard InChI is InChI=1S/C20H11F2NO3/c21-15-6-2-1-4-12(15)20(25)23-11-8-9-13-17(10-11)26-19-14(18(13)24)5-3-7-16(19)22/h1-10H,(H,23,25). The molecule has 1 N–H and O–H groups in total. The smallest absolute Gasteiger partial charge is 0.258 e. The number of carbonyl (C=O) groups is 1. The second-order valence-corrected chi connectivity index (χ2v) is 5.69. The molecule has 0 aliphatic carbocycles. The lowest BCUT2D eigenvalue weighted by Crippen LogP contribution is -2.13. The Balaban J connectivity index is 1.79. The SMILES string of the molecule is O=C(Nc1ccc2c(=O)c3cccc(F)c3oc2c1)c1ccccc1F. The molecule has 0 fully saturated rings. The molecule has 1 aromatic heterocycles. The van der Waals surface area contributed by atoms with Gasteiger partial charge in [-0.3, -0.25) is 9.59 Å². The predicted molar refractivity (Wildman–Crippen MR) is 94.3 cm³/mol. The zero-order chi connectivity index (χ0) is 18.3. The summed E-state index contributed by atoms with van der Waals surface area (Å²) in [6.07, 6.45) is 0. The van der Waals surface area contributed by atoms with E-state index >= 15 is 0 Å². The Hall–Kier alpha value is -3.54. The summed E-state index contributed by atoms with van der Waals surface area (Å²) in [6, 6.07) is 14.1. The van der Waals surface area contributed by atoms with E-state index in [2.05, 4.69) is 5.32 Å². The summed E-state index contributed by atoms with van der Waals surface area (Å²) in [7, 11) is 0. The van der Waals surface area contributed by atoms with Crippen LogP contribution in [0.25, 0.3) is 21.9 Å². The van der Waals surface area contributed by atoms with Gasteiger partial charge in [0, 0.05) is 11.8 Å². The fourth-order valence-corrected chi connectivity index (χ4v) is 2.76. The number of halogens is 2. The van der Waals surface area contributed by atoms with E-state index in [0.717, 1.165) is 0 Å². The quantitative estimate of drug-likeness (QED) is 0.542. The van der Waals surface area contributed by atoms with Gasteiger partial charge < -0.3 is 9.73 Å². The number of carbonyl (C=O) groups excluding carboxylic acids is 1. The molecule has 1 heterocycles. The third-order valence-corrected chi connectivity index (χ3v) is 4.03. The lowest BCUT2D eigenvalue weighted by molar-refractivity contribution is 0.102. The summed E-state index contributed by atoms with van der Waals surface area (Å²) >= 11 is 0. The number of amides is 1. The van der Waals surface area contributed by atoms with Crippen LogP contribution in [0.3, 0.4) is 0 Å². The Morgan fingerprint density at radius 2 is 1.65 bits per heavy atom. The molecule has 4 rings (SSSR count). The van der Waals surface area contributed by atoms with Crippen LogP contribution in [0.5, 0.6) is 0 Å². The Morgan fingerprint density at radius 3 is 2.46 bits per heavy atom. The molecule has 3 aromatic carbocycles. The van der Waals surface area contributed by atoms with Crippen molar-refractivity contribution in [2.75, 3.05) is 5.32 Å². The maximum absolute atomic E-state index is 13.9. The molecule has 128 valence electrons. The van der Waals surface area contributed by atoms with E-state index in [1.165, 1.54) is 54.6 Å². The Bertz CT molecular complexity index is 1230. The maximum Gasteiger partial charge on any atom is 0.258 e. The van der Waals surface area contributed by atoms with Gasteiger partial charge >= 0.3 is 0 Å². The molecule has 0 unspecified atom stereocenters. The number of rotatable bonds is 2. The van der Waals surface area contributed by atoms with Gasteiger partial charge in [0.2, 0.25) is 5.43 Å². The van der Waals surface area contributed by atoms with Gasteiger partial charge in [0.15, 0.2) is 11.4 Å². The largest absolute Gasteiger partial charge is 0.453 e. The first-order chi connectivity index (χ1) is 12.5. The van der Waals surface area contributed by atoms with E-state index in [1.54, 1.807) is 6.07 Å². The topological polar surface area (TPSA) is 59.3 Å². The van der Waals surface area contributed by atoms with Gasteiger partial charge in [-0.15, -0.1) is 0 Å². The van der Waals surface area contributed by atoms with Gasteiger partial charge in [0.1, 0.15) is 11.4 Å². The Morgan fingerprint density at radius 1 is 0.885 bits per heavy atom. The van der Waals surface area contributed by atoms with Crippen LogP contribution in [0.4, 0.5) is 14.5 Å². The monoisotopic (exact) mass is 351 g/mol. The molecule has 1 amide bonds. The van der Waals surface area contributed by atoms with E-state index < -0.39 is 17.5 Å². The van der Waals surface area contributed by atoms with E-state index in [1.807, 2.05) is 0 Å². The van der Waals surface area contributed by atoms with Crippen molar-refractivity contribution in [2.45, 2.75) is 0 Å². The zero-order valence-corrected chi connectivity index (χ0v) is 13.3. The number of anilines is 1. The third kappa shape index (κ3) is 2.61. The number of nitrogens with one attached hydrogen (secondary N) is 1. The highest BCUT2D eigenvalue weighted by molar-refractivity contribution is 6.05. The second kappa shape index (κ2) is 6.07. The summed E-state index contributed by atoms with van der Waals surface area (Å²) in [6.45, 7) is 0. The second-order valence-electron chi connectivity index (χ2n) is 5.69. The average molecular weight is 351 g/mol. The van der Waals surface area contributed by atoms with Crippen molar-refractivity contribution in [3.63, 3.8) is 0 Å². The van der Waals surface area contributed by atoms with Crippen LogP contribution >= 0.6 is 0 Å².